The number of carboxylic acids is 1. The maximum atomic E-state index is 12.1. The molecule has 0 fully saturated rings. The monoisotopic (exact) mass is 314 g/mol. The molecule has 0 radical (unpaired) electrons. The van der Waals surface area contributed by atoms with Crippen molar-refractivity contribution in [1.29, 1.82) is 0 Å². The number of carboxylic acid groups (broad SMARTS) is 1. The first-order valence-corrected chi connectivity index (χ1v) is 6.91. The minimum Gasteiger partial charge on any atom is -0.478 e. The molecular formula is C16H11ClN2O3. The summed E-state index contributed by atoms with van der Waals surface area (Å²) in [6.07, 6.45) is 0.430. The maximum Gasteiger partial charge on any atom is 0.335 e. The van der Waals surface area contributed by atoms with Gasteiger partial charge in [-0.1, -0.05) is 23.7 Å². The van der Waals surface area contributed by atoms with Gasteiger partial charge >= 0.3 is 5.97 Å². The predicted octanol–water partition coefficient (Wildman–Crippen LogP) is 2.87. The van der Waals surface area contributed by atoms with Gasteiger partial charge < -0.3 is 10.1 Å². The lowest BCUT2D eigenvalue weighted by atomic mass is 10.1. The van der Waals surface area contributed by atoms with Crippen LogP contribution in [0.5, 0.6) is 0 Å². The number of halogens is 1. The first kappa shape index (κ1) is 14.3. The van der Waals surface area contributed by atoms with Crippen LogP contribution in [0, 0.1) is 0 Å². The number of hydrogen-bond donors (Lipinski definition) is 2. The fourth-order valence-electron chi connectivity index (χ4n) is 2.20. The number of aromatic nitrogens is 2. The van der Waals surface area contributed by atoms with E-state index >= 15 is 0 Å². The SMILES string of the molecule is O=C(O)c1ccc2c(=O)[nH]c(Cc3ccc(Cl)cc3)nc2c1. The number of H-pyrrole nitrogens is 1. The van der Waals surface area contributed by atoms with Gasteiger partial charge in [-0.2, -0.15) is 0 Å². The molecule has 1 heterocycles. The zero-order valence-electron chi connectivity index (χ0n) is 11.3. The maximum absolute atomic E-state index is 12.1. The van der Waals surface area contributed by atoms with Gasteiger partial charge in [0.2, 0.25) is 0 Å². The van der Waals surface area contributed by atoms with Crippen molar-refractivity contribution < 1.29 is 9.90 Å². The summed E-state index contributed by atoms with van der Waals surface area (Å²) >= 11 is 5.84. The van der Waals surface area contributed by atoms with E-state index in [9.17, 15) is 9.59 Å². The summed E-state index contributed by atoms with van der Waals surface area (Å²) < 4.78 is 0. The van der Waals surface area contributed by atoms with Gasteiger partial charge in [0.15, 0.2) is 0 Å². The number of carbonyl (C=O) groups is 1. The molecule has 0 aliphatic rings. The number of aromatic amines is 1. The Balaban J connectivity index is 2.05. The van der Waals surface area contributed by atoms with E-state index in [2.05, 4.69) is 9.97 Å². The number of hydrogen-bond acceptors (Lipinski definition) is 3. The van der Waals surface area contributed by atoms with E-state index in [1.165, 1.54) is 18.2 Å². The molecule has 0 saturated heterocycles. The van der Waals surface area contributed by atoms with Crippen molar-refractivity contribution in [3.63, 3.8) is 0 Å². The summed E-state index contributed by atoms with van der Waals surface area (Å²) in [4.78, 5) is 30.1. The van der Waals surface area contributed by atoms with Crippen LogP contribution in [0.15, 0.2) is 47.3 Å². The van der Waals surface area contributed by atoms with Crippen LogP contribution in [0.3, 0.4) is 0 Å². The van der Waals surface area contributed by atoms with Crippen LogP contribution in [0.1, 0.15) is 21.7 Å². The fourth-order valence-corrected chi connectivity index (χ4v) is 2.33. The molecule has 0 unspecified atom stereocenters. The summed E-state index contributed by atoms with van der Waals surface area (Å²) in [5.74, 6) is -0.578. The molecule has 3 aromatic rings. The average molecular weight is 315 g/mol. The molecule has 22 heavy (non-hydrogen) atoms. The molecule has 5 nitrogen and oxygen atoms in total. The van der Waals surface area contributed by atoms with Crippen LogP contribution in [0.25, 0.3) is 10.9 Å². The first-order valence-electron chi connectivity index (χ1n) is 6.53. The smallest absolute Gasteiger partial charge is 0.335 e. The Hall–Kier alpha value is -2.66. The zero-order chi connectivity index (χ0) is 15.7. The number of aromatic carboxylic acids is 1. The molecule has 2 N–H and O–H groups in total. The lowest BCUT2D eigenvalue weighted by Gasteiger charge is -2.04. The van der Waals surface area contributed by atoms with Crippen LogP contribution in [0.2, 0.25) is 5.02 Å². The van der Waals surface area contributed by atoms with E-state index in [0.29, 0.717) is 28.2 Å². The van der Waals surface area contributed by atoms with Crippen molar-refractivity contribution in [2.75, 3.05) is 0 Å². The van der Waals surface area contributed by atoms with Crippen molar-refractivity contribution in [3.8, 4) is 0 Å². The molecule has 0 aliphatic carbocycles. The van der Waals surface area contributed by atoms with E-state index in [1.54, 1.807) is 12.1 Å². The molecule has 0 atom stereocenters. The molecule has 0 amide bonds. The third-order valence-electron chi connectivity index (χ3n) is 3.29. The largest absolute Gasteiger partial charge is 0.478 e. The first-order chi connectivity index (χ1) is 10.5. The Morgan fingerprint density at radius 1 is 1.18 bits per heavy atom. The predicted molar refractivity (Wildman–Crippen MR) is 83.6 cm³/mol. The topological polar surface area (TPSA) is 83.0 Å². The van der Waals surface area contributed by atoms with Crippen molar-refractivity contribution in [3.05, 3.63) is 74.8 Å². The number of nitrogens with one attached hydrogen (secondary N) is 1. The van der Waals surface area contributed by atoms with Crippen LogP contribution in [-0.2, 0) is 6.42 Å². The molecule has 0 aliphatic heterocycles. The molecule has 0 saturated carbocycles. The highest BCUT2D eigenvalue weighted by molar-refractivity contribution is 6.30. The van der Waals surface area contributed by atoms with Gasteiger partial charge in [0.1, 0.15) is 5.82 Å². The van der Waals surface area contributed by atoms with Crippen molar-refractivity contribution in [1.82, 2.24) is 9.97 Å². The van der Waals surface area contributed by atoms with Gasteiger partial charge in [-0.3, -0.25) is 4.79 Å². The molecule has 1 aromatic heterocycles. The lowest BCUT2D eigenvalue weighted by Crippen LogP contribution is -2.13. The third-order valence-corrected chi connectivity index (χ3v) is 3.54. The van der Waals surface area contributed by atoms with Crippen LogP contribution >= 0.6 is 11.6 Å². The van der Waals surface area contributed by atoms with Gasteiger partial charge in [0.05, 0.1) is 16.5 Å². The summed E-state index contributed by atoms with van der Waals surface area (Å²) in [6.45, 7) is 0. The van der Waals surface area contributed by atoms with Gasteiger partial charge in [-0.05, 0) is 35.9 Å². The minimum absolute atomic E-state index is 0.100. The van der Waals surface area contributed by atoms with E-state index in [4.69, 9.17) is 16.7 Å². The van der Waals surface area contributed by atoms with E-state index < -0.39 is 5.97 Å². The highest BCUT2D eigenvalue weighted by Crippen LogP contribution is 2.14. The molecule has 0 bridgehead atoms. The minimum atomic E-state index is -1.05. The summed E-state index contributed by atoms with van der Waals surface area (Å²) in [5.41, 5.74) is 1.13. The second kappa shape index (κ2) is 5.61. The van der Waals surface area contributed by atoms with Crippen molar-refractivity contribution in [2.24, 2.45) is 0 Å². The second-order valence-corrected chi connectivity index (χ2v) is 5.29. The number of fused-ring (bicyclic) bond motifs is 1. The second-order valence-electron chi connectivity index (χ2n) is 4.85. The average Bonchev–Trinajstić information content (AvgIpc) is 2.49. The lowest BCUT2D eigenvalue weighted by molar-refractivity contribution is 0.0697. The molecule has 110 valence electrons. The summed E-state index contributed by atoms with van der Waals surface area (Å²) in [5, 5.41) is 10.0. The Morgan fingerprint density at radius 3 is 2.59 bits per heavy atom. The Kier molecular flexibility index (Phi) is 3.65. The number of benzene rings is 2. The summed E-state index contributed by atoms with van der Waals surface area (Å²) in [7, 11) is 0. The number of nitrogens with zero attached hydrogens (tertiary/aromatic N) is 1. The highest BCUT2D eigenvalue weighted by Gasteiger charge is 2.09. The van der Waals surface area contributed by atoms with Gasteiger partial charge in [0, 0.05) is 11.4 Å². The molecule has 0 spiro atoms. The van der Waals surface area contributed by atoms with Crippen molar-refractivity contribution in [2.45, 2.75) is 6.42 Å². The van der Waals surface area contributed by atoms with Crippen LogP contribution in [0.4, 0.5) is 0 Å². The normalized spacial score (nSPS) is 10.8. The van der Waals surface area contributed by atoms with Gasteiger partial charge in [-0.15, -0.1) is 0 Å². The molecular weight excluding hydrogens is 304 g/mol. The third kappa shape index (κ3) is 2.84. The van der Waals surface area contributed by atoms with Crippen LogP contribution in [-0.4, -0.2) is 21.0 Å². The molecule has 3 rings (SSSR count). The Bertz CT molecular complexity index is 917. The van der Waals surface area contributed by atoms with E-state index in [-0.39, 0.29) is 11.1 Å². The Morgan fingerprint density at radius 2 is 1.91 bits per heavy atom. The van der Waals surface area contributed by atoms with Gasteiger partial charge in [0.25, 0.3) is 5.56 Å². The molecule has 2 aromatic carbocycles. The van der Waals surface area contributed by atoms with Crippen LogP contribution < -0.4 is 5.56 Å². The van der Waals surface area contributed by atoms with E-state index in [1.807, 2.05) is 12.1 Å². The van der Waals surface area contributed by atoms with E-state index in [0.717, 1.165) is 5.56 Å². The molecule has 6 heteroatoms. The standard InChI is InChI=1S/C16H11ClN2O3/c17-11-4-1-9(2-5-11)7-14-18-13-8-10(16(21)22)3-6-12(13)15(20)19-14/h1-6,8H,7H2,(H,21,22)(H,18,19,20). The summed E-state index contributed by atoms with van der Waals surface area (Å²) in [6, 6.07) is 11.5. The zero-order valence-corrected chi connectivity index (χ0v) is 12.1. The quantitative estimate of drug-likeness (QED) is 0.778. The highest BCUT2D eigenvalue weighted by atomic mass is 35.5. The fraction of sp³-hybridized carbons (Fsp3) is 0.0625. The van der Waals surface area contributed by atoms with Gasteiger partial charge in [-0.25, -0.2) is 9.78 Å². The Labute approximate surface area is 130 Å². The van der Waals surface area contributed by atoms with Crippen molar-refractivity contribution >= 4 is 28.5 Å². The number of rotatable bonds is 3.